The standard InChI is InChI=1S/C12H23N3O/c1-2-10-5-3-4-8-15(10)12(16)11-9-13-6-7-14-11/h10-11,13-14H,2-9H2,1H3. The van der Waals surface area contributed by atoms with E-state index in [0.717, 1.165) is 32.6 Å². The van der Waals surface area contributed by atoms with E-state index in [1.807, 2.05) is 0 Å². The molecule has 4 heteroatoms. The molecule has 2 unspecified atom stereocenters. The predicted molar refractivity (Wildman–Crippen MR) is 64.3 cm³/mol. The fourth-order valence-corrected chi connectivity index (χ4v) is 2.74. The van der Waals surface area contributed by atoms with Crippen LogP contribution in [0.5, 0.6) is 0 Å². The van der Waals surface area contributed by atoms with Crippen LogP contribution in [0.2, 0.25) is 0 Å². The normalized spacial score (nSPS) is 31.4. The van der Waals surface area contributed by atoms with Gasteiger partial charge in [0.1, 0.15) is 0 Å². The van der Waals surface area contributed by atoms with Crippen molar-refractivity contribution in [1.82, 2.24) is 15.5 Å². The molecule has 0 aliphatic carbocycles. The first kappa shape index (κ1) is 11.9. The van der Waals surface area contributed by atoms with E-state index in [0.29, 0.717) is 11.9 Å². The molecule has 0 spiro atoms. The molecule has 2 fully saturated rings. The third-order valence-electron chi connectivity index (χ3n) is 3.72. The van der Waals surface area contributed by atoms with E-state index in [1.165, 1.54) is 19.3 Å². The minimum absolute atomic E-state index is 0.000833. The Balaban J connectivity index is 1.95. The molecule has 0 saturated carbocycles. The summed E-state index contributed by atoms with van der Waals surface area (Å²) in [5.74, 6) is 0.304. The molecular weight excluding hydrogens is 202 g/mol. The van der Waals surface area contributed by atoms with E-state index in [4.69, 9.17) is 0 Å². The average Bonchev–Trinajstić information content (AvgIpc) is 2.39. The van der Waals surface area contributed by atoms with E-state index >= 15 is 0 Å². The number of carbonyl (C=O) groups excluding carboxylic acids is 1. The van der Waals surface area contributed by atoms with Gasteiger partial charge in [0.15, 0.2) is 0 Å². The van der Waals surface area contributed by atoms with Gasteiger partial charge in [-0.2, -0.15) is 0 Å². The van der Waals surface area contributed by atoms with Gasteiger partial charge in [0.25, 0.3) is 0 Å². The summed E-state index contributed by atoms with van der Waals surface area (Å²) in [5, 5.41) is 6.58. The Morgan fingerprint density at radius 3 is 2.94 bits per heavy atom. The lowest BCUT2D eigenvalue weighted by molar-refractivity contribution is -0.137. The highest BCUT2D eigenvalue weighted by Gasteiger charge is 2.30. The number of piperidine rings is 1. The molecular formula is C12H23N3O. The summed E-state index contributed by atoms with van der Waals surface area (Å²) in [6, 6.07) is 0.478. The van der Waals surface area contributed by atoms with Gasteiger partial charge in [0, 0.05) is 32.2 Å². The number of piperazine rings is 1. The van der Waals surface area contributed by atoms with E-state index in [-0.39, 0.29) is 6.04 Å². The highest BCUT2D eigenvalue weighted by Crippen LogP contribution is 2.20. The molecule has 0 radical (unpaired) electrons. The van der Waals surface area contributed by atoms with Crippen LogP contribution in [0.1, 0.15) is 32.6 Å². The van der Waals surface area contributed by atoms with Gasteiger partial charge in [-0.25, -0.2) is 0 Å². The predicted octanol–water partition coefficient (Wildman–Crippen LogP) is 0.339. The summed E-state index contributed by atoms with van der Waals surface area (Å²) < 4.78 is 0. The van der Waals surface area contributed by atoms with Crippen LogP contribution in [0.25, 0.3) is 0 Å². The van der Waals surface area contributed by atoms with Crippen molar-refractivity contribution in [2.45, 2.75) is 44.7 Å². The zero-order valence-electron chi connectivity index (χ0n) is 10.2. The Kier molecular flexibility index (Phi) is 4.18. The van der Waals surface area contributed by atoms with Gasteiger partial charge < -0.3 is 15.5 Å². The summed E-state index contributed by atoms with van der Waals surface area (Å²) in [6.45, 7) is 5.80. The number of rotatable bonds is 2. The van der Waals surface area contributed by atoms with Crippen LogP contribution in [0.4, 0.5) is 0 Å². The zero-order chi connectivity index (χ0) is 11.4. The maximum atomic E-state index is 12.3. The molecule has 16 heavy (non-hydrogen) atoms. The first-order chi connectivity index (χ1) is 7.83. The molecule has 2 aliphatic heterocycles. The number of nitrogens with zero attached hydrogens (tertiary/aromatic N) is 1. The van der Waals surface area contributed by atoms with Gasteiger partial charge in [-0.05, 0) is 25.7 Å². The number of hydrogen-bond acceptors (Lipinski definition) is 3. The Hall–Kier alpha value is -0.610. The third-order valence-corrected chi connectivity index (χ3v) is 3.72. The maximum absolute atomic E-state index is 12.3. The number of hydrogen-bond donors (Lipinski definition) is 2. The van der Waals surface area contributed by atoms with Crippen molar-refractivity contribution in [3.63, 3.8) is 0 Å². The SMILES string of the molecule is CCC1CCCCN1C(=O)C1CNCCN1. The lowest BCUT2D eigenvalue weighted by Crippen LogP contribution is -2.59. The molecule has 0 aromatic rings. The number of likely N-dealkylation sites (tertiary alicyclic amines) is 1. The van der Waals surface area contributed by atoms with Gasteiger partial charge in [0.2, 0.25) is 5.91 Å². The molecule has 2 heterocycles. The van der Waals surface area contributed by atoms with Gasteiger partial charge in [-0.15, -0.1) is 0 Å². The summed E-state index contributed by atoms with van der Waals surface area (Å²) in [5.41, 5.74) is 0. The van der Waals surface area contributed by atoms with Crippen molar-refractivity contribution in [2.24, 2.45) is 0 Å². The van der Waals surface area contributed by atoms with Crippen LogP contribution >= 0.6 is 0 Å². The first-order valence-electron chi connectivity index (χ1n) is 6.57. The van der Waals surface area contributed by atoms with Crippen molar-refractivity contribution >= 4 is 5.91 Å². The highest BCUT2D eigenvalue weighted by atomic mass is 16.2. The molecule has 4 nitrogen and oxygen atoms in total. The van der Waals surface area contributed by atoms with Crippen LogP contribution in [0.3, 0.4) is 0 Å². The minimum atomic E-state index is 0.000833. The quantitative estimate of drug-likeness (QED) is 0.712. The maximum Gasteiger partial charge on any atom is 0.241 e. The average molecular weight is 225 g/mol. The van der Waals surface area contributed by atoms with Gasteiger partial charge >= 0.3 is 0 Å². The number of nitrogens with one attached hydrogen (secondary N) is 2. The molecule has 2 atom stereocenters. The highest BCUT2D eigenvalue weighted by molar-refractivity contribution is 5.82. The first-order valence-corrected chi connectivity index (χ1v) is 6.57. The Morgan fingerprint density at radius 1 is 1.38 bits per heavy atom. The largest absolute Gasteiger partial charge is 0.338 e. The minimum Gasteiger partial charge on any atom is -0.338 e. The Labute approximate surface area is 97.8 Å². The molecule has 2 N–H and O–H groups in total. The van der Waals surface area contributed by atoms with Crippen LogP contribution in [0, 0.1) is 0 Å². The summed E-state index contributed by atoms with van der Waals surface area (Å²) in [6.07, 6.45) is 4.72. The van der Waals surface area contributed by atoms with Crippen LogP contribution in [-0.4, -0.2) is 49.1 Å². The fourth-order valence-electron chi connectivity index (χ4n) is 2.74. The van der Waals surface area contributed by atoms with E-state index in [2.05, 4.69) is 22.5 Å². The molecule has 2 aliphatic rings. The zero-order valence-corrected chi connectivity index (χ0v) is 10.2. The second kappa shape index (κ2) is 5.64. The van der Waals surface area contributed by atoms with Crippen molar-refractivity contribution in [1.29, 1.82) is 0 Å². The van der Waals surface area contributed by atoms with Crippen LogP contribution in [0.15, 0.2) is 0 Å². The number of amides is 1. The molecule has 2 saturated heterocycles. The van der Waals surface area contributed by atoms with Crippen molar-refractivity contribution in [3.8, 4) is 0 Å². The molecule has 0 aromatic heterocycles. The topological polar surface area (TPSA) is 44.4 Å². The third kappa shape index (κ3) is 2.55. The molecule has 1 amide bonds. The molecule has 0 aromatic carbocycles. The smallest absolute Gasteiger partial charge is 0.241 e. The molecule has 0 bridgehead atoms. The lowest BCUT2D eigenvalue weighted by Gasteiger charge is -2.38. The van der Waals surface area contributed by atoms with Crippen molar-refractivity contribution in [2.75, 3.05) is 26.2 Å². The summed E-state index contributed by atoms with van der Waals surface area (Å²) >= 11 is 0. The lowest BCUT2D eigenvalue weighted by atomic mass is 9.99. The van der Waals surface area contributed by atoms with Crippen LogP contribution in [-0.2, 0) is 4.79 Å². The Morgan fingerprint density at radius 2 is 2.25 bits per heavy atom. The second-order valence-corrected chi connectivity index (χ2v) is 4.80. The van der Waals surface area contributed by atoms with Gasteiger partial charge in [-0.1, -0.05) is 6.92 Å². The molecule has 2 rings (SSSR count). The van der Waals surface area contributed by atoms with Gasteiger partial charge in [-0.3, -0.25) is 4.79 Å². The van der Waals surface area contributed by atoms with Crippen molar-refractivity contribution < 1.29 is 4.79 Å². The molecule has 92 valence electrons. The fraction of sp³-hybridized carbons (Fsp3) is 0.917. The Bertz CT molecular complexity index is 238. The summed E-state index contributed by atoms with van der Waals surface area (Å²) in [4.78, 5) is 14.5. The second-order valence-electron chi connectivity index (χ2n) is 4.80. The van der Waals surface area contributed by atoms with E-state index in [9.17, 15) is 4.79 Å². The van der Waals surface area contributed by atoms with Crippen LogP contribution < -0.4 is 10.6 Å². The number of carbonyl (C=O) groups is 1. The van der Waals surface area contributed by atoms with Gasteiger partial charge in [0.05, 0.1) is 6.04 Å². The summed E-state index contributed by atoms with van der Waals surface area (Å²) in [7, 11) is 0. The van der Waals surface area contributed by atoms with Crippen molar-refractivity contribution in [3.05, 3.63) is 0 Å². The van der Waals surface area contributed by atoms with E-state index in [1.54, 1.807) is 0 Å². The monoisotopic (exact) mass is 225 g/mol. The van der Waals surface area contributed by atoms with E-state index < -0.39 is 0 Å².